The number of hydrogen-bond acceptors (Lipinski definition) is 4. The summed E-state index contributed by atoms with van der Waals surface area (Å²) in [5, 5.41) is 6.85. The topological polar surface area (TPSA) is 73.2 Å². The van der Waals surface area contributed by atoms with Crippen LogP contribution in [0.25, 0.3) is 5.69 Å². The van der Waals surface area contributed by atoms with Crippen molar-refractivity contribution in [2.75, 3.05) is 5.32 Å². The van der Waals surface area contributed by atoms with E-state index in [0.29, 0.717) is 22.5 Å². The first kappa shape index (κ1) is 20.9. The van der Waals surface area contributed by atoms with Gasteiger partial charge in [0.05, 0.1) is 5.69 Å². The molecule has 1 heterocycles. The molecule has 4 aromatic rings. The van der Waals surface area contributed by atoms with E-state index in [-0.39, 0.29) is 29.8 Å². The summed E-state index contributed by atoms with van der Waals surface area (Å²) < 4.78 is 33.0. The molecule has 3 aromatic carbocycles. The molecule has 0 aliphatic carbocycles. The lowest BCUT2D eigenvalue weighted by atomic mass is 10.2. The third-order valence-electron chi connectivity index (χ3n) is 4.53. The highest BCUT2D eigenvalue weighted by atomic mass is 19.1. The number of anilines is 1. The zero-order valence-corrected chi connectivity index (χ0v) is 16.7. The number of carbonyl (C=O) groups excluding carboxylic acids is 1. The molecule has 1 aromatic heterocycles. The number of amides is 1. The van der Waals surface area contributed by atoms with E-state index in [9.17, 15) is 18.4 Å². The molecule has 0 aliphatic heterocycles. The Bertz CT molecular complexity index is 1300. The second-order valence-electron chi connectivity index (χ2n) is 6.85. The molecule has 6 nitrogen and oxygen atoms in total. The third kappa shape index (κ3) is 5.04. The molecule has 0 fully saturated rings. The lowest BCUT2D eigenvalue weighted by molar-refractivity contribution is 0.102. The first-order valence-electron chi connectivity index (χ1n) is 9.63. The fourth-order valence-electron chi connectivity index (χ4n) is 2.93. The van der Waals surface area contributed by atoms with E-state index >= 15 is 0 Å². The van der Waals surface area contributed by atoms with E-state index in [0.717, 1.165) is 4.68 Å². The van der Waals surface area contributed by atoms with Crippen LogP contribution in [0.5, 0.6) is 5.88 Å². The van der Waals surface area contributed by atoms with Gasteiger partial charge >= 0.3 is 0 Å². The number of carbonyl (C=O) groups is 1. The normalized spacial score (nSPS) is 10.6. The van der Waals surface area contributed by atoms with Crippen LogP contribution >= 0.6 is 0 Å². The SMILES string of the molecule is O=C(Nc1ccc(F)cc1)c1ccc(-n2nc(OCc3cccc(F)c3)ccc2=O)cc1. The fourth-order valence-corrected chi connectivity index (χ4v) is 2.93. The van der Waals surface area contributed by atoms with Crippen LogP contribution in [0.3, 0.4) is 0 Å². The number of nitrogens with zero attached hydrogens (tertiary/aromatic N) is 2. The van der Waals surface area contributed by atoms with Crippen LogP contribution < -0.4 is 15.6 Å². The highest BCUT2D eigenvalue weighted by molar-refractivity contribution is 6.04. The number of rotatable bonds is 6. The Hall–Kier alpha value is -4.33. The van der Waals surface area contributed by atoms with Crippen molar-refractivity contribution in [2.45, 2.75) is 6.61 Å². The van der Waals surface area contributed by atoms with Crippen LogP contribution in [0.1, 0.15) is 15.9 Å². The van der Waals surface area contributed by atoms with Crippen LogP contribution in [-0.2, 0) is 6.61 Å². The minimum atomic E-state index is -0.396. The second-order valence-corrected chi connectivity index (χ2v) is 6.85. The van der Waals surface area contributed by atoms with Crippen LogP contribution in [0.4, 0.5) is 14.5 Å². The Kier molecular flexibility index (Phi) is 6.03. The Morgan fingerprint density at radius 3 is 2.38 bits per heavy atom. The third-order valence-corrected chi connectivity index (χ3v) is 4.53. The molecule has 0 radical (unpaired) electrons. The Morgan fingerprint density at radius 2 is 1.66 bits per heavy atom. The first-order valence-corrected chi connectivity index (χ1v) is 9.63. The zero-order chi connectivity index (χ0) is 22.5. The van der Waals surface area contributed by atoms with Crippen molar-refractivity contribution in [3.63, 3.8) is 0 Å². The summed E-state index contributed by atoms with van der Waals surface area (Å²) in [6, 6.07) is 20.4. The molecule has 0 aliphatic rings. The predicted octanol–water partition coefficient (Wildman–Crippen LogP) is 4.34. The fraction of sp³-hybridized carbons (Fsp3) is 0.0417. The number of halogens is 2. The van der Waals surface area contributed by atoms with Crippen molar-refractivity contribution in [1.82, 2.24) is 9.78 Å². The van der Waals surface area contributed by atoms with E-state index in [2.05, 4.69) is 10.4 Å². The van der Waals surface area contributed by atoms with Gasteiger partial charge in [-0.25, -0.2) is 8.78 Å². The van der Waals surface area contributed by atoms with Crippen LogP contribution in [0.15, 0.2) is 89.7 Å². The summed E-state index contributed by atoms with van der Waals surface area (Å²) in [5.74, 6) is -0.956. The Balaban J connectivity index is 1.48. The number of nitrogens with one attached hydrogen (secondary N) is 1. The van der Waals surface area contributed by atoms with Crippen molar-refractivity contribution < 1.29 is 18.3 Å². The molecule has 32 heavy (non-hydrogen) atoms. The summed E-state index contributed by atoms with van der Waals surface area (Å²) in [6.45, 7) is 0.0887. The summed E-state index contributed by atoms with van der Waals surface area (Å²) in [7, 11) is 0. The maximum atomic E-state index is 13.3. The number of hydrogen-bond donors (Lipinski definition) is 1. The van der Waals surface area contributed by atoms with Gasteiger partial charge in [-0.3, -0.25) is 9.59 Å². The maximum absolute atomic E-state index is 13.3. The number of benzene rings is 3. The zero-order valence-electron chi connectivity index (χ0n) is 16.7. The average molecular weight is 433 g/mol. The lowest BCUT2D eigenvalue weighted by Gasteiger charge is -2.10. The van der Waals surface area contributed by atoms with Crippen LogP contribution in [-0.4, -0.2) is 15.7 Å². The van der Waals surface area contributed by atoms with Gasteiger partial charge < -0.3 is 10.1 Å². The van der Waals surface area contributed by atoms with Gasteiger partial charge in [0.25, 0.3) is 11.5 Å². The van der Waals surface area contributed by atoms with Gasteiger partial charge in [-0.05, 0) is 66.2 Å². The predicted molar refractivity (Wildman–Crippen MR) is 115 cm³/mol. The van der Waals surface area contributed by atoms with Gasteiger partial charge in [0.1, 0.15) is 18.2 Å². The molecule has 0 saturated carbocycles. The first-order chi connectivity index (χ1) is 15.5. The molecule has 0 saturated heterocycles. The minimum absolute atomic E-state index is 0.0887. The quantitative estimate of drug-likeness (QED) is 0.491. The molecule has 1 amide bonds. The van der Waals surface area contributed by atoms with E-state index in [1.54, 1.807) is 36.4 Å². The van der Waals surface area contributed by atoms with Crippen molar-refractivity contribution >= 4 is 11.6 Å². The van der Waals surface area contributed by atoms with Crippen LogP contribution in [0.2, 0.25) is 0 Å². The second kappa shape index (κ2) is 9.22. The summed E-state index contributed by atoms with van der Waals surface area (Å²) >= 11 is 0. The van der Waals surface area contributed by atoms with Crippen molar-refractivity contribution in [1.29, 1.82) is 0 Å². The minimum Gasteiger partial charge on any atom is -0.472 e. The highest BCUT2D eigenvalue weighted by Gasteiger charge is 2.09. The molecular weight excluding hydrogens is 416 g/mol. The highest BCUT2D eigenvalue weighted by Crippen LogP contribution is 2.14. The lowest BCUT2D eigenvalue weighted by Crippen LogP contribution is -2.20. The maximum Gasteiger partial charge on any atom is 0.271 e. The standard InChI is InChI=1S/C24H17F2N3O3/c25-18-6-8-20(9-7-18)27-24(31)17-4-10-21(11-5-17)29-23(30)13-12-22(28-29)32-15-16-2-1-3-19(26)14-16/h1-14H,15H2,(H,27,31). The number of ether oxygens (including phenoxy) is 1. The van der Waals surface area contributed by atoms with Gasteiger partial charge in [-0.2, -0.15) is 4.68 Å². The van der Waals surface area contributed by atoms with Gasteiger partial charge in [0, 0.05) is 23.4 Å². The average Bonchev–Trinajstić information content (AvgIpc) is 2.80. The Morgan fingerprint density at radius 1 is 0.906 bits per heavy atom. The monoisotopic (exact) mass is 433 g/mol. The molecule has 4 rings (SSSR count). The van der Waals surface area contributed by atoms with E-state index in [1.165, 1.54) is 48.5 Å². The molecule has 8 heteroatoms. The van der Waals surface area contributed by atoms with E-state index in [4.69, 9.17) is 4.74 Å². The van der Waals surface area contributed by atoms with Gasteiger partial charge in [-0.1, -0.05) is 12.1 Å². The van der Waals surface area contributed by atoms with Gasteiger partial charge in [0.2, 0.25) is 5.88 Å². The van der Waals surface area contributed by atoms with Crippen molar-refractivity contribution in [3.8, 4) is 11.6 Å². The molecule has 0 unspecified atom stereocenters. The Labute approximate surface area is 181 Å². The van der Waals surface area contributed by atoms with E-state index in [1.807, 2.05) is 0 Å². The van der Waals surface area contributed by atoms with Crippen molar-refractivity contribution in [3.05, 3.63) is 118 Å². The molecule has 160 valence electrons. The molecule has 0 bridgehead atoms. The smallest absolute Gasteiger partial charge is 0.271 e. The molecule has 0 spiro atoms. The van der Waals surface area contributed by atoms with Gasteiger partial charge in [0.15, 0.2) is 0 Å². The van der Waals surface area contributed by atoms with Crippen LogP contribution in [0, 0.1) is 11.6 Å². The number of aromatic nitrogens is 2. The van der Waals surface area contributed by atoms with E-state index < -0.39 is 5.82 Å². The summed E-state index contributed by atoms with van der Waals surface area (Å²) in [4.78, 5) is 24.6. The summed E-state index contributed by atoms with van der Waals surface area (Å²) in [5.41, 5.74) is 1.49. The summed E-state index contributed by atoms with van der Waals surface area (Å²) in [6.07, 6.45) is 0. The molecular formula is C24H17F2N3O3. The van der Waals surface area contributed by atoms with Gasteiger partial charge in [-0.15, -0.1) is 5.10 Å². The largest absolute Gasteiger partial charge is 0.472 e. The molecule has 0 atom stereocenters. The molecule has 1 N–H and O–H groups in total. The van der Waals surface area contributed by atoms with Crippen molar-refractivity contribution in [2.24, 2.45) is 0 Å².